The Labute approximate surface area is 102 Å². The first-order valence-electron chi connectivity index (χ1n) is 5.61. The fraction of sp³-hybridized carbons (Fsp3) is 0.500. The van der Waals surface area contributed by atoms with E-state index >= 15 is 0 Å². The molecule has 0 unspecified atom stereocenters. The molecule has 0 aliphatic rings. The molecular weight excluding hydrogens is 238 g/mol. The van der Waals surface area contributed by atoms with Crippen molar-refractivity contribution in [3.8, 4) is 0 Å². The van der Waals surface area contributed by atoms with Crippen LogP contribution in [0.15, 0.2) is 18.3 Å². The van der Waals surface area contributed by atoms with Crippen molar-refractivity contribution in [1.82, 2.24) is 4.98 Å². The Morgan fingerprint density at radius 3 is 2.71 bits per heavy atom. The van der Waals surface area contributed by atoms with E-state index in [-0.39, 0.29) is 23.7 Å². The average Bonchev–Trinajstić information content (AvgIpc) is 2.28. The summed E-state index contributed by atoms with van der Waals surface area (Å²) in [4.78, 5) is 15.7. The first-order valence-corrected chi connectivity index (χ1v) is 7.43. The normalized spacial score (nSPS) is 11.4. The molecule has 94 valence electrons. The molecule has 5 heteroatoms. The lowest BCUT2D eigenvalue weighted by atomic mass is 10.1. The molecule has 1 aromatic rings. The number of hydrogen-bond acceptors (Lipinski definition) is 4. The molecule has 0 atom stereocenters. The highest BCUT2D eigenvalue weighted by Crippen LogP contribution is 2.06. The lowest BCUT2D eigenvalue weighted by Crippen LogP contribution is -2.11. The number of carbonyl (C=O) groups excluding carboxylic acids is 1. The number of carbonyl (C=O) groups is 1. The van der Waals surface area contributed by atoms with Crippen LogP contribution in [0.2, 0.25) is 0 Å². The third-order valence-electron chi connectivity index (χ3n) is 2.50. The number of nitrogens with zero attached hydrogens (tertiary/aromatic N) is 1. The van der Waals surface area contributed by atoms with Crippen LogP contribution in [0.5, 0.6) is 0 Å². The number of Topliss-reactive ketones (excluding diaryl/α,β-unsaturated/α-hetero) is 1. The predicted molar refractivity (Wildman–Crippen MR) is 66.9 cm³/mol. The van der Waals surface area contributed by atoms with Gasteiger partial charge in [-0.25, -0.2) is 8.42 Å². The molecule has 0 aliphatic carbocycles. The van der Waals surface area contributed by atoms with Crippen LogP contribution < -0.4 is 0 Å². The monoisotopic (exact) mass is 255 g/mol. The highest BCUT2D eigenvalue weighted by molar-refractivity contribution is 7.91. The number of sulfone groups is 1. The standard InChI is InChI=1S/C12H17NO3S/c1-3-17(15,16)8-4-5-12(14)11-9-10(2)6-7-13-11/h6-7,9H,3-5,8H2,1-2H3. The van der Waals surface area contributed by atoms with Crippen molar-refractivity contribution in [2.45, 2.75) is 26.7 Å². The molecule has 1 rings (SSSR count). The maximum absolute atomic E-state index is 11.7. The number of aryl methyl sites for hydroxylation is 1. The lowest BCUT2D eigenvalue weighted by Gasteiger charge is -2.02. The van der Waals surface area contributed by atoms with Gasteiger partial charge in [0.05, 0.1) is 5.75 Å². The molecule has 0 bridgehead atoms. The van der Waals surface area contributed by atoms with Gasteiger partial charge in [0.25, 0.3) is 0 Å². The highest BCUT2D eigenvalue weighted by atomic mass is 32.2. The Morgan fingerprint density at radius 2 is 2.12 bits per heavy atom. The van der Waals surface area contributed by atoms with E-state index in [9.17, 15) is 13.2 Å². The summed E-state index contributed by atoms with van der Waals surface area (Å²) in [6.07, 6.45) is 2.19. The maximum atomic E-state index is 11.7. The Morgan fingerprint density at radius 1 is 1.41 bits per heavy atom. The fourth-order valence-electron chi connectivity index (χ4n) is 1.41. The molecule has 0 fully saturated rings. The second-order valence-corrected chi connectivity index (χ2v) is 6.45. The summed E-state index contributed by atoms with van der Waals surface area (Å²) >= 11 is 0. The first-order chi connectivity index (χ1) is 7.94. The zero-order valence-corrected chi connectivity index (χ0v) is 11.0. The lowest BCUT2D eigenvalue weighted by molar-refractivity contribution is 0.0977. The second kappa shape index (κ2) is 5.91. The Kier molecular flexibility index (Phi) is 4.81. The summed E-state index contributed by atoms with van der Waals surface area (Å²) < 4.78 is 22.5. The zero-order chi connectivity index (χ0) is 12.9. The van der Waals surface area contributed by atoms with E-state index in [0.29, 0.717) is 12.1 Å². The van der Waals surface area contributed by atoms with Crippen LogP contribution in [0.25, 0.3) is 0 Å². The Bertz CT molecular complexity index is 494. The highest BCUT2D eigenvalue weighted by Gasteiger charge is 2.11. The molecule has 0 aromatic carbocycles. The van der Waals surface area contributed by atoms with Crippen molar-refractivity contribution in [3.05, 3.63) is 29.6 Å². The molecule has 0 N–H and O–H groups in total. The Balaban J connectivity index is 2.51. The van der Waals surface area contributed by atoms with Gasteiger partial charge in [-0.3, -0.25) is 9.78 Å². The van der Waals surface area contributed by atoms with E-state index in [1.165, 1.54) is 0 Å². The SMILES string of the molecule is CCS(=O)(=O)CCCC(=O)c1cc(C)ccn1. The van der Waals surface area contributed by atoms with E-state index in [2.05, 4.69) is 4.98 Å². The van der Waals surface area contributed by atoms with Crippen molar-refractivity contribution >= 4 is 15.6 Å². The van der Waals surface area contributed by atoms with E-state index in [1.807, 2.05) is 13.0 Å². The van der Waals surface area contributed by atoms with E-state index in [4.69, 9.17) is 0 Å². The summed E-state index contributed by atoms with van der Waals surface area (Å²) in [6.45, 7) is 3.50. The number of rotatable bonds is 6. The van der Waals surface area contributed by atoms with Gasteiger partial charge in [0.1, 0.15) is 15.5 Å². The molecule has 0 amide bonds. The first kappa shape index (κ1) is 13.8. The topological polar surface area (TPSA) is 64.1 Å². The maximum Gasteiger partial charge on any atom is 0.181 e. The van der Waals surface area contributed by atoms with Crippen LogP contribution in [-0.2, 0) is 9.84 Å². The quantitative estimate of drug-likeness (QED) is 0.727. The van der Waals surface area contributed by atoms with E-state index < -0.39 is 9.84 Å². The smallest absolute Gasteiger partial charge is 0.181 e. The minimum absolute atomic E-state index is 0.0705. The molecule has 0 spiro atoms. The van der Waals surface area contributed by atoms with Gasteiger partial charge in [0.15, 0.2) is 5.78 Å². The summed E-state index contributed by atoms with van der Waals surface area (Å²) in [5.41, 5.74) is 1.39. The van der Waals surface area contributed by atoms with Crippen LogP contribution >= 0.6 is 0 Å². The van der Waals surface area contributed by atoms with Crippen LogP contribution in [-0.4, -0.2) is 30.7 Å². The van der Waals surface area contributed by atoms with Crippen molar-refractivity contribution in [2.75, 3.05) is 11.5 Å². The van der Waals surface area contributed by atoms with Gasteiger partial charge in [-0.05, 0) is 31.0 Å². The molecule has 1 heterocycles. The molecule has 17 heavy (non-hydrogen) atoms. The van der Waals surface area contributed by atoms with Gasteiger partial charge in [-0.15, -0.1) is 0 Å². The summed E-state index contributed by atoms with van der Waals surface area (Å²) in [7, 11) is -2.98. The fourth-order valence-corrected chi connectivity index (χ4v) is 2.29. The number of pyridine rings is 1. The molecule has 1 aromatic heterocycles. The van der Waals surface area contributed by atoms with Crippen molar-refractivity contribution in [3.63, 3.8) is 0 Å². The molecule has 0 saturated carbocycles. The summed E-state index contributed by atoms with van der Waals surface area (Å²) in [5, 5.41) is 0. The van der Waals surface area contributed by atoms with Gasteiger partial charge < -0.3 is 0 Å². The van der Waals surface area contributed by atoms with Crippen LogP contribution in [0, 0.1) is 6.92 Å². The number of aromatic nitrogens is 1. The summed E-state index contributed by atoms with van der Waals surface area (Å²) in [5.74, 6) is 0.102. The average molecular weight is 255 g/mol. The van der Waals surface area contributed by atoms with Gasteiger partial charge in [0.2, 0.25) is 0 Å². The van der Waals surface area contributed by atoms with Crippen molar-refractivity contribution < 1.29 is 13.2 Å². The molecule has 0 aliphatic heterocycles. The van der Waals surface area contributed by atoms with Gasteiger partial charge in [-0.1, -0.05) is 6.92 Å². The van der Waals surface area contributed by atoms with Crippen molar-refractivity contribution in [2.24, 2.45) is 0 Å². The van der Waals surface area contributed by atoms with E-state index in [1.54, 1.807) is 19.2 Å². The van der Waals surface area contributed by atoms with Crippen LogP contribution in [0.3, 0.4) is 0 Å². The number of hydrogen-bond donors (Lipinski definition) is 0. The zero-order valence-electron chi connectivity index (χ0n) is 10.1. The molecule has 4 nitrogen and oxygen atoms in total. The third-order valence-corrected chi connectivity index (χ3v) is 4.29. The van der Waals surface area contributed by atoms with Crippen LogP contribution in [0.4, 0.5) is 0 Å². The molecular formula is C12H17NO3S. The molecule has 0 saturated heterocycles. The van der Waals surface area contributed by atoms with Crippen molar-refractivity contribution in [1.29, 1.82) is 0 Å². The second-order valence-electron chi connectivity index (χ2n) is 3.98. The van der Waals surface area contributed by atoms with Gasteiger partial charge in [0, 0.05) is 18.4 Å². The minimum Gasteiger partial charge on any atom is -0.292 e. The van der Waals surface area contributed by atoms with Gasteiger partial charge >= 0.3 is 0 Å². The van der Waals surface area contributed by atoms with Crippen LogP contribution in [0.1, 0.15) is 35.8 Å². The largest absolute Gasteiger partial charge is 0.292 e. The Hall–Kier alpha value is -1.23. The third kappa shape index (κ3) is 4.65. The number of ketones is 1. The van der Waals surface area contributed by atoms with Gasteiger partial charge in [-0.2, -0.15) is 0 Å². The molecule has 0 radical (unpaired) electrons. The predicted octanol–water partition coefficient (Wildman–Crippen LogP) is 1.79. The summed E-state index contributed by atoms with van der Waals surface area (Å²) in [6, 6.07) is 3.54. The minimum atomic E-state index is -2.98. The van der Waals surface area contributed by atoms with E-state index in [0.717, 1.165) is 5.56 Å².